The summed E-state index contributed by atoms with van der Waals surface area (Å²) in [7, 11) is 0. The second-order valence-electron chi connectivity index (χ2n) is 11.0. The van der Waals surface area contributed by atoms with Gasteiger partial charge in [0.15, 0.2) is 0 Å². The van der Waals surface area contributed by atoms with Crippen molar-refractivity contribution in [3.8, 4) is 11.3 Å². The molecule has 0 unspecified atom stereocenters. The van der Waals surface area contributed by atoms with E-state index < -0.39 is 5.60 Å². The van der Waals surface area contributed by atoms with Gasteiger partial charge in [-0.15, -0.1) is 0 Å². The Balaban J connectivity index is 1.99. The molecule has 5 heteroatoms. The van der Waals surface area contributed by atoms with Crippen LogP contribution in [0.15, 0.2) is 30.3 Å². The molecule has 3 aromatic rings. The molecule has 1 fully saturated rings. The van der Waals surface area contributed by atoms with Gasteiger partial charge in [0, 0.05) is 35.2 Å². The molecule has 1 aromatic carbocycles. The normalized spacial score (nSPS) is 15.4. The number of hydrogen-bond acceptors (Lipinski definition) is 4. The fraction of sp³-hybridized carbons (Fsp3) is 0.483. The zero-order chi connectivity index (χ0) is 24.8. The van der Waals surface area contributed by atoms with E-state index in [0.29, 0.717) is 24.5 Å². The van der Waals surface area contributed by atoms with E-state index in [9.17, 15) is 9.59 Å². The quantitative estimate of drug-likeness (QED) is 0.407. The van der Waals surface area contributed by atoms with Crippen LogP contribution in [0.4, 0.5) is 4.79 Å². The van der Waals surface area contributed by atoms with Crippen molar-refractivity contribution in [3.05, 3.63) is 52.8 Å². The topological polar surface area (TPSA) is 61.2 Å². The molecule has 180 valence electrons. The highest BCUT2D eigenvalue weighted by atomic mass is 16.6. The molecule has 2 heterocycles. The van der Waals surface area contributed by atoms with Crippen LogP contribution in [0.1, 0.15) is 94.7 Å². The summed E-state index contributed by atoms with van der Waals surface area (Å²) >= 11 is 0. The maximum Gasteiger partial charge on any atom is 0.419 e. The van der Waals surface area contributed by atoms with E-state index in [2.05, 4.69) is 37.0 Å². The number of fused-ring (bicyclic) bond motifs is 1. The van der Waals surface area contributed by atoms with Gasteiger partial charge in [-0.3, -0.25) is 9.78 Å². The largest absolute Gasteiger partial charge is 0.443 e. The SMILES string of the molecule is Cc1cc(-c2c(C(C)C)c3cc(C4CCC(=O)CC4)ccc3n2C(=O)OC(C)(C)C)cc(C)n1. The number of nitrogens with zero attached hydrogens (tertiary/aromatic N) is 2. The van der Waals surface area contributed by atoms with Gasteiger partial charge in [0.25, 0.3) is 0 Å². The Morgan fingerprint density at radius 3 is 2.24 bits per heavy atom. The number of benzene rings is 1. The van der Waals surface area contributed by atoms with E-state index >= 15 is 0 Å². The molecule has 0 amide bonds. The van der Waals surface area contributed by atoms with Crippen LogP contribution in [0.2, 0.25) is 0 Å². The van der Waals surface area contributed by atoms with Crippen LogP contribution in [0.25, 0.3) is 22.2 Å². The van der Waals surface area contributed by atoms with Gasteiger partial charge in [0.1, 0.15) is 11.4 Å². The summed E-state index contributed by atoms with van der Waals surface area (Å²) in [5, 5.41) is 1.08. The fourth-order valence-corrected chi connectivity index (χ4v) is 5.20. The average Bonchev–Trinajstić information content (AvgIpc) is 3.07. The van der Waals surface area contributed by atoms with Crippen LogP contribution >= 0.6 is 0 Å². The molecule has 1 aliphatic carbocycles. The molecule has 0 spiro atoms. The van der Waals surface area contributed by atoms with Crippen LogP contribution < -0.4 is 0 Å². The van der Waals surface area contributed by atoms with Gasteiger partial charge in [0.2, 0.25) is 0 Å². The average molecular weight is 461 g/mol. The first kappa shape index (κ1) is 24.2. The number of Topliss-reactive ketones (excluding diaryl/α,β-unsaturated/α-hetero) is 1. The molecule has 1 saturated carbocycles. The second-order valence-corrected chi connectivity index (χ2v) is 11.0. The second kappa shape index (κ2) is 9.01. The number of hydrogen-bond donors (Lipinski definition) is 0. The Bertz CT molecular complexity index is 1230. The van der Waals surface area contributed by atoms with Gasteiger partial charge in [-0.2, -0.15) is 0 Å². The van der Waals surface area contributed by atoms with Crippen molar-refractivity contribution in [2.75, 3.05) is 0 Å². The summed E-state index contributed by atoms with van der Waals surface area (Å²) < 4.78 is 7.63. The highest BCUT2D eigenvalue weighted by Crippen LogP contribution is 2.41. The molecule has 0 atom stereocenters. The summed E-state index contributed by atoms with van der Waals surface area (Å²) in [6.45, 7) is 14.0. The number of aromatic nitrogens is 2. The summed E-state index contributed by atoms with van der Waals surface area (Å²) in [5.74, 6) is 0.931. The molecular formula is C29H36N2O3. The first-order valence-corrected chi connectivity index (χ1v) is 12.3. The highest BCUT2D eigenvalue weighted by Gasteiger charge is 2.29. The predicted molar refractivity (Wildman–Crippen MR) is 137 cm³/mol. The van der Waals surface area contributed by atoms with E-state index in [1.165, 1.54) is 5.56 Å². The number of ketones is 1. The van der Waals surface area contributed by atoms with Gasteiger partial charge < -0.3 is 4.74 Å². The van der Waals surface area contributed by atoms with Crippen molar-refractivity contribution in [2.24, 2.45) is 0 Å². The Labute approximate surface area is 202 Å². The first-order valence-electron chi connectivity index (χ1n) is 12.3. The van der Waals surface area contributed by atoms with E-state index in [1.807, 2.05) is 46.8 Å². The van der Waals surface area contributed by atoms with Crippen molar-refractivity contribution < 1.29 is 14.3 Å². The molecule has 0 bridgehead atoms. The van der Waals surface area contributed by atoms with Crippen LogP contribution in [0.3, 0.4) is 0 Å². The Hall–Kier alpha value is -2.95. The number of pyridine rings is 1. The summed E-state index contributed by atoms with van der Waals surface area (Å²) in [6, 6.07) is 10.5. The minimum Gasteiger partial charge on any atom is -0.443 e. The van der Waals surface area contributed by atoms with Gasteiger partial charge in [-0.25, -0.2) is 9.36 Å². The maximum absolute atomic E-state index is 13.6. The van der Waals surface area contributed by atoms with Crippen molar-refractivity contribution in [2.45, 2.75) is 91.6 Å². The van der Waals surface area contributed by atoms with Gasteiger partial charge in [-0.1, -0.05) is 19.9 Å². The Morgan fingerprint density at radius 2 is 1.68 bits per heavy atom. The molecule has 1 aliphatic rings. The number of carbonyl (C=O) groups is 2. The van der Waals surface area contributed by atoms with Crippen LogP contribution in [-0.2, 0) is 9.53 Å². The van der Waals surface area contributed by atoms with Gasteiger partial charge in [0.05, 0.1) is 11.2 Å². The number of aryl methyl sites for hydroxylation is 2. The Morgan fingerprint density at radius 1 is 1.06 bits per heavy atom. The van der Waals surface area contributed by atoms with Crippen LogP contribution in [0, 0.1) is 13.8 Å². The fourth-order valence-electron chi connectivity index (χ4n) is 5.20. The molecular weight excluding hydrogens is 424 g/mol. The van der Waals surface area contributed by atoms with E-state index in [0.717, 1.165) is 52.0 Å². The van der Waals surface area contributed by atoms with Crippen LogP contribution in [-0.4, -0.2) is 27.0 Å². The lowest BCUT2D eigenvalue weighted by molar-refractivity contribution is -0.120. The van der Waals surface area contributed by atoms with Gasteiger partial charge in [-0.05, 0) is 94.7 Å². The summed E-state index contributed by atoms with van der Waals surface area (Å²) in [4.78, 5) is 29.9. The zero-order valence-corrected chi connectivity index (χ0v) is 21.5. The lowest BCUT2D eigenvalue weighted by Crippen LogP contribution is -2.27. The zero-order valence-electron chi connectivity index (χ0n) is 21.5. The Kier molecular flexibility index (Phi) is 6.41. The molecule has 0 aliphatic heterocycles. The minimum absolute atomic E-state index is 0.193. The third-order valence-corrected chi connectivity index (χ3v) is 6.55. The van der Waals surface area contributed by atoms with Crippen molar-refractivity contribution in [1.82, 2.24) is 9.55 Å². The minimum atomic E-state index is -0.610. The molecule has 2 aromatic heterocycles. The lowest BCUT2D eigenvalue weighted by Gasteiger charge is -2.22. The third kappa shape index (κ3) is 4.79. The van der Waals surface area contributed by atoms with Gasteiger partial charge >= 0.3 is 6.09 Å². The van der Waals surface area contributed by atoms with Crippen LogP contribution in [0.5, 0.6) is 0 Å². The predicted octanol–water partition coefficient (Wildman–Crippen LogP) is 7.45. The smallest absolute Gasteiger partial charge is 0.419 e. The first-order chi connectivity index (χ1) is 15.9. The number of ether oxygens (including phenoxy) is 1. The van der Waals surface area contributed by atoms with Crippen molar-refractivity contribution >= 4 is 22.8 Å². The lowest BCUT2D eigenvalue weighted by atomic mass is 9.82. The molecule has 34 heavy (non-hydrogen) atoms. The number of carbonyl (C=O) groups excluding carboxylic acids is 2. The molecule has 0 saturated heterocycles. The molecule has 0 N–H and O–H groups in total. The van der Waals surface area contributed by atoms with Crippen molar-refractivity contribution in [3.63, 3.8) is 0 Å². The standard InChI is InChI=1S/C29H36N2O3/c1-17(2)26-24-16-21(20-8-11-23(32)12-9-20)10-13-25(24)31(28(33)34-29(5,6)7)27(26)22-14-18(3)30-19(4)15-22/h10,13-17,20H,8-9,11-12H2,1-7H3. The van der Waals surface area contributed by atoms with E-state index in [-0.39, 0.29) is 12.0 Å². The van der Waals surface area contributed by atoms with Crippen molar-refractivity contribution in [1.29, 1.82) is 0 Å². The summed E-state index contributed by atoms with van der Waals surface area (Å²) in [5.41, 5.74) is 6.31. The molecule has 0 radical (unpaired) electrons. The monoisotopic (exact) mass is 460 g/mol. The summed E-state index contributed by atoms with van der Waals surface area (Å²) in [6.07, 6.45) is 2.72. The molecule has 5 nitrogen and oxygen atoms in total. The maximum atomic E-state index is 13.6. The van der Waals surface area contributed by atoms with E-state index in [1.54, 1.807) is 4.57 Å². The molecule has 4 rings (SSSR count). The number of rotatable bonds is 3. The highest BCUT2D eigenvalue weighted by molar-refractivity contribution is 6.00. The third-order valence-electron chi connectivity index (χ3n) is 6.55. The van der Waals surface area contributed by atoms with E-state index in [4.69, 9.17) is 4.74 Å².